The minimum absolute atomic E-state index is 0.0976. The second kappa shape index (κ2) is 6.96. The first kappa shape index (κ1) is 16.8. The van der Waals surface area contributed by atoms with Gasteiger partial charge < -0.3 is 5.32 Å². The molecule has 0 aliphatic heterocycles. The van der Waals surface area contributed by atoms with Crippen molar-refractivity contribution in [2.24, 2.45) is 0 Å². The molecule has 5 nitrogen and oxygen atoms in total. The van der Waals surface area contributed by atoms with Crippen LogP contribution < -0.4 is 10.9 Å². The van der Waals surface area contributed by atoms with Crippen molar-refractivity contribution in [2.45, 2.75) is 19.8 Å². The molecule has 2 aromatic heterocycles. The number of pyridine rings is 1. The van der Waals surface area contributed by atoms with Gasteiger partial charge in [-0.2, -0.15) is 0 Å². The van der Waals surface area contributed by atoms with Crippen molar-refractivity contribution in [3.8, 4) is 5.69 Å². The topological polar surface area (TPSA) is 62.7 Å². The number of hydrogen-bond donors (Lipinski definition) is 2. The first-order valence-electron chi connectivity index (χ1n) is 8.72. The summed E-state index contributed by atoms with van der Waals surface area (Å²) in [5.74, 6) is 0.643. The molecular formula is C20H19BrN4O. The number of nitrogens with one attached hydrogen (secondary N) is 2. The lowest BCUT2D eigenvalue weighted by Gasteiger charge is -2.07. The zero-order valence-electron chi connectivity index (χ0n) is 14.4. The van der Waals surface area contributed by atoms with Crippen LogP contribution in [0, 0.1) is 0 Å². The average Bonchev–Trinajstić information content (AvgIpc) is 3.01. The van der Waals surface area contributed by atoms with Crippen LogP contribution in [-0.4, -0.2) is 21.3 Å². The van der Waals surface area contributed by atoms with E-state index in [-0.39, 0.29) is 5.56 Å². The molecule has 2 heterocycles. The number of aromatic nitrogens is 3. The van der Waals surface area contributed by atoms with Crippen LogP contribution in [0.25, 0.3) is 27.5 Å². The molecule has 0 aliphatic rings. The van der Waals surface area contributed by atoms with Gasteiger partial charge in [0.2, 0.25) is 0 Å². The molecule has 132 valence electrons. The Balaban J connectivity index is 1.98. The van der Waals surface area contributed by atoms with Crippen LogP contribution in [-0.2, 0) is 0 Å². The number of hydrogen-bond acceptors (Lipinski definition) is 3. The van der Waals surface area contributed by atoms with E-state index in [1.807, 2.05) is 48.5 Å². The average molecular weight is 411 g/mol. The van der Waals surface area contributed by atoms with Crippen molar-refractivity contribution in [1.82, 2.24) is 14.8 Å². The van der Waals surface area contributed by atoms with Crippen molar-refractivity contribution in [1.29, 1.82) is 0 Å². The Morgan fingerprint density at radius 2 is 1.92 bits per heavy atom. The summed E-state index contributed by atoms with van der Waals surface area (Å²) in [5.41, 5.74) is 2.36. The predicted octanol–water partition coefficient (Wildman–Crippen LogP) is 4.84. The fourth-order valence-electron chi connectivity index (χ4n) is 3.09. The zero-order valence-corrected chi connectivity index (χ0v) is 16.0. The van der Waals surface area contributed by atoms with Gasteiger partial charge in [-0.05, 0) is 36.8 Å². The van der Waals surface area contributed by atoms with Crippen LogP contribution in [0.2, 0.25) is 0 Å². The Labute approximate surface area is 159 Å². The molecule has 0 spiro atoms. The van der Waals surface area contributed by atoms with E-state index in [9.17, 15) is 4.79 Å². The molecule has 0 unspecified atom stereocenters. The maximum Gasteiger partial charge on any atom is 0.282 e. The summed E-state index contributed by atoms with van der Waals surface area (Å²) in [6.07, 6.45) is 2.11. The van der Waals surface area contributed by atoms with Crippen LogP contribution in [0.1, 0.15) is 19.8 Å². The molecule has 6 heteroatoms. The van der Waals surface area contributed by atoms with Crippen LogP contribution in [0.4, 0.5) is 5.82 Å². The van der Waals surface area contributed by atoms with E-state index in [4.69, 9.17) is 4.98 Å². The molecule has 0 atom stereocenters. The molecule has 4 aromatic rings. The molecule has 4 rings (SSSR count). The second-order valence-corrected chi connectivity index (χ2v) is 7.15. The molecule has 0 saturated heterocycles. The Morgan fingerprint density at radius 1 is 1.15 bits per heavy atom. The van der Waals surface area contributed by atoms with Gasteiger partial charge in [-0.25, -0.2) is 9.67 Å². The predicted molar refractivity (Wildman–Crippen MR) is 110 cm³/mol. The minimum atomic E-state index is -0.0976. The normalized spacial score (nSPS) is 11.3. The largest absolute Gasteiger partial charge is 0.369 e. The van der Waals surface area contributed by atoms with Gasteiger partial charge in [0.05, 0.1) is 16.7 Å². The number of halogens is 1. The summed E-state index contributed by atoms with van der Waals surface area (Å²) in [6, 6.07) is 15.5. The number of para-hydroxylation sites is 1. The lowest BCUT2D eigenvalue weighted by atomic mass is 10.1. The highest BCUT2D eigenvalue weighted by atomic mass is 79.9. The Hall–Kier alpha value is -2.60. The quantitative estimate of drug-likeness (QED) is 0.462. The van der Waals surface area contributed by atoms with Crippen LogP contribution >= 0.6 is 15.9 Å². The molecule has 0 amide bonds. The van der Waals surface area contributed by atoms with Crippen molar-refractivity contribution in [3.63, 3.8) is 0 Å². The monoisotopic (exact) mass is 410 g/mol. The summed E-state index contributed by atoms with van der Waals surface area (Å²) in [4.78, 5) is 17.9. The molecule has 2 N–H and O–H groups in total. The number of unbranched alkanes of at least 4 members (excludes halogenated alkanes) is 1. The van der Waals surface area contributed by atoms with Gasteiger partial charge in [0, 0.05) is 16.4 Å². The third-order valence-electron chi connectivity index (χ3n) is 4.44. The van der Waals surface area contributed by atoms with E-state index in [2.05, 4.69) is 33.3 Å². The first-order chi connectivity index (χ1) is 12.7. The molecule has 0 bridgehead atoms. The van der Waals surface area contributed by atoms with E-state index < -0.39 is 0 Å². The van der Waals surface area contributed by atoms with Crippen molar-refractivity contribution in [3.05, 3.63) is 63.4 Å². The molecule has 0 aliphatic carbocycles. The maximum atomic E-state index is 13.2. The Kier molecular flexibility index (Phi) is 4.51. The summed E-state index contributed by atoms with van der Waals surface area (Å²) in [7, 11) is 0. The molecule has 2 aromatic carbocycles. The van der Waals surface area contributed by atoms with E-state index in [0.717, 1.165) is 46.0 Å². The SMILES string of the molecule is CCCCNc1nc2ccccc2c2[nH]n(-c3ccc(Br)cc3)c(=O)c12. The van der Waals surface area contributed by atoms with Crippen molar-refractivity contribution >= 4 is 43.6 Å². The third-order valence-corrected chi connectivity index (χ3v) is 4.97. The highest BCUT2D eigenvalue weighted by Gasteiger charge is 2.16. The summed E-state index contributed by atoms with van der Waals surface area (Å²) in [5, 5.41) is 8.17. The molecule has 0 saturated carbocycles. The number of anilines is 1. The van der Waals surface area contributed by atoms with Gasteiger partial charge in [0.25, 0.3) is 5.56 Å². The summed E-state index contributed by atoms with van der Waals surface area (Å²) >= 11 is 3.43. The molecule has 0 fully saturated rings. The number of fused-ring (bicyclic) bond motifs is 3. The number of rotatable bonds is 5. The standard InChI is InChI=1S/C20H19BrN4O/c1-2-3-12-22-19-17-18(15-6-4-5-7-16(15)23-19)24-25(20(17)26)14-10-8-13(21)9-11-14/h4-11,24H,2-3,12H2,1H3,(H,22,23). The fraction of sp³-hybridized carbons (Fsp3) is 0.200. The van der Waals surface area contributed by atoms with Gasteiger partial charge in [0.15, 0.2) is 0 Å². The van der Waals surface area contributed by atoms with Crippen LogP contribution in [0.15, 0.2) is 57.8 Å². The highest BCUT2D eigenvalue weighted by Crippen LogP contribution is 2.26. The van der Waals surface area contributed by atoms with Crippen molar-refractivity contribution < 1.29 is 0 Å². The van der Waals surface area contributed by atoms with Gasteiger partial charge >= 0.3 is 0 Å². The van der Waals surface area contributed by atoms with Crippen LogP contribution in [0.5, 0.6) is 0 Å². The maximum absolute atomic E-state index is 13.2. The first-order valence-corrected chi connectivity index (χ1v) is 9.51. The van der Waals surface area contributed by atoms with Gasteiger partial charge in [-0.1, -0.05) is 47.5 Å². The van der Waals surface area contributed by atoms with Gasteiger partial charge in [0.1, 0.15) is 11.2 Å². The van der Waals surface area contributed by atoms with Gasteiger partial charge in [-0.3, -0.25) is 9.89 Å². The fourth-order valence-corrected chi connectivity index (χ4v) is 3.36. The Morgan fingerprint density at radius 3 is 2.69 bits per heavy atom. The zero-order chi connectivity index (χ0) is 18.1. The smallest absolute Gasteiger partial charge is 0.282 e. The summed E-state index contributed by atoms with van der Waals surface area (Å²) in [6.45, 7) is 2.93. The van der Waals surface area contributed by atoms with E-state index in [0.29, 0.717) is 11.2 Å². The number of benzene rings is 2. The number of aromatic amines is 1. The highest BCUT2D eigenvalue weighted by molar-refractivity contribution is 9.10. The molecular weight excluding hydrogens is 392 g/mol. The van der Waals surface area contributed by atoms with Crippen LogP contribution in [0.3, 0.4) is 0 Å². The number of H-pyrrole nitrogens is 1. The van der Waals surface area contributed by atoms with E-state index in [1.165, 1.54) is 0 Å². The lowest BCUT2D eigenvalue weighted by Crippen LogP contribution is -2.15. The minimum Gasteiger partial charge on any atom is -0.369 e. The molecule has 26 heavy (non-hydrogen) atoms. The second-order valence-electron chi connectivity index (χ2n) is 6.24. The lowest BCUT2D eigenvalue weighted by molar-refractivity contribution is 0.832. The van der Waals surface area contributed by atoms with E-state index >= 15 is 0 Å². The van der Waals surface area contributed by atoms with Gasteiger partial charge in [-0.15, -0.1) is 0 Å². The summed E-state index contributed by atoms with van der Waals surface area (Å²) < 4.78 is 2.55. The van der Waals surface area contributed by atoms with E-state index in [1.54, 1.807) is 4.68 Å². The Bertz CT molecular complexity index is 1130. The number of nitrogens with zero attached hydrogens (tertiary/aromatic N) is 2. The third kappa shape index (κ3) is 2.90. The molecule has 0 radical (unpaired) electrons. The van der Waals surface area contributed by atoms with Crippen molar-refractivity contribution in [2.75, 3.05) is 11.9 Å².